The molecule has 1 aromatic carbocycles. The highest BCUT2D eigenvalue weighted by Gasteiger charge is 2.40. The van der Waals surface area contributed by atoms with Crippen LogP contribution in [0.1, 0.15) is 44.6 Å². The lowest BCUT2D eigenvalue weighted by atomic mass is 10.1. The second kappa shape index (κ2) is 5.98. The van der Waals surface area contributed by atoms with Crippen LogP contribution in [0.15, 0.2) is 24.3 Å². The average Bonchev–Trinajstić information content (AvgIpc) is 3.09. The van der Waals surface area contributed by atoms with Gasteiger partial charge in [-0.3, -0.25) is 9.59 Å². The molecule has 2 fully saturated rings. The van der Waals surface area contributed by atoms with Gasteiger partial charge in [0.1, 0.15) is 0 Å². The van der Waals surface area contributed by atoms with E-state index in [-0.39, 0.29) is 24.3 Å². The minimum Gasteiger partial charge on any atom is -0.303 e. The van der Waals surface area contributed by atoms with Crippen LogP contribution in [-0.2, 0) is 16.0 Å². The number of imide groups is 1. The van der Waals surface area contributed by atoms with E-state index >= 15 is 0 Å². The highest BCUT2D eigenvalue weighted by molar-refractivity contribution is 6.22. The molecule has 4 nitrogen and oxygen atoms in total. The number of aryl methyl sites for hydroxylation is 1. The van der Waals surface area contributed by atoms with Crippen LogP contribution < -0.4 is 10.2 Å². The molecule has 0 radical (unpaired) electrons. The molecule has 3 rings (SSSR count). The molecule has 1 heterocycles. The molecule has 2 aliphatic rings. The Balaban J connectivity index is 1.73. The lowest BCUT2D eigenvalue weighted by molar-refractivity contribution is -0.121. The van der Waals surface area contributed by atoms with E-state index in [9.17, 15) is 9.59 Å². The summed E-state index contributed by atoms with van der Waals surface area (Å²) in [5.74, 6) is -0.198. The standard InChI is InChI=1S/C17H22N2O2/c1-2-12-7-9-14(10-8-12)19-16(20)11-15(17(19)21)18-13-5-3-4-6-13/h7-10,13,15,18H,2-6,11H2,1H3. The van der Waals surface area contributed by atoms with Crippen LogP contribution in [0.3, 0.4) is 0 Å². The number of hydrogen-bond donors (Lipinski definition) is 1. The molecule has 4 heteroatoms. The molecule has 1 aliphatic carbocycles. The Labute approximate surface area is 125 Å². The van der Waals surface area contributed by atoms with Crippen LogP contribution >= 0.6 is 0 Å². The van der Waals surface area contributed by atoms with Gasteiger partial charge < -0.3 is 5.32 Å². The van der Waals surface area contributed by atoms with Crippen LogP contribution in [-0.4, -0.2) is 23.9 Å². The van der Waals surface area contributed by atoms with Crippen LogP contribution in [0, 0.1) is 0 Å². The van der Waals surface area contributed by atoms with E-state index in [0.717, 1.165) is 19.3 Å². The van der Waals surface area contributed by atoms with E-state index in [4.69, 9.17) is 0 Å². The summed E-state index contributed by atoms with van der Waals surface area (Å²) in [6, 6.07) is 7.75. The van der Waals surface area contributed by atoms with Gasteiger partial charge in [0.25, 0.3) is 5.91 Å². The van der Waals surface area contributed by atoms with E-state index in [1.807, 2.05) is 24.3 Å². The fourth-order valence-corrected chi connectivity index (χ4v) is 3.29. The van der Waals surface area contributed by atoms with Crippen LogP contribution in [0.2, 0.25) is 0 Å². The third-order valence-corrected chi connectivity index (χ3v) is 4.54. The highest BCUT2D eigenvalue weighted by atomic mass is 16.2. The van der Waals surface area contributed by atoms with Gasteiger partial charge in [0.2, 0.25) is 5.91 Å². The van der Waals surface area contributed by atoms with Gasteiger partial charge in [0.15, 0.2) is 0 Å². The van der Waals surface area contributed by atoms with Gasteiger partial charge in [-0.15, -0.1) is 0 Å². The first-order valence-corrected chi connectivity index (χ1v) is 7.91. The summed E-state index contributed by atoms with van der Waals surface area (Å²) < 4.78 is 0. The lowest BCUT2D eigenvalue weighted by Gasteiger charge is -2.18. The minimum absolute atomic E-state index is 0.0975. The van der Waals surface area contributed by atoms with E-state index in [1.165, 1.54) is 23.3 Å². The number of nitrogens with zero attached hydrogens (tertiary/aromatic N) is 1. The number of hydrogen-bond acceptors (Lipinski definition) is 3. The molecule has 21 heavy (non-hydrogen) atoms. The molecule has 1 aliphatic heterocycles. The van der Waals surface area contributed by atoms with Crippen molar-refractivity contribution in [3.8, 4) is 0 Å². The summed E-state index contributed by atoms with van der Waals surface area (Å²) >= 11 is 0. The summed E-state index contributed by atoms with van der Waals surface area (Å²) in [5, 5.41) is 3.37. The SMILES string of the molecule is CCc1ccc(N2C(=O)CC(NC3CCCC3)C2=O)cc1. The first-order chi connectivity index (χ1) is 10.2. The smallest absolute Gasteiger partial charge is 0.251 e. The molecule has 1 unspecified atom stereocenters. The van der Waals surface area contributed by atoms with Crippen molar-refractivity contribution in [2.24, 2.45) is 0 Å². The molecular formula is C17H22N2O2. The Hall–Kier alpha value is -1.68. The predicted molar refractivity (Wildman–Crippen MR) is 82.1 cm³/mol. The van der Waals surface area contributed by atoms with Crippen molar-refractivity contribution in [2.75, 3.05) is 4.90 Å². The highest BCUT2D eigenvalue weighted by Crippen LogP contribution is 2.25. The van der Waals surface area contributed by atoms with Gasteiger partial charge in [-0.25, -0.2) is 4.90 Å². The summed E-state index contributed by atoms with van der Waals surface area (Å²) in [7, 11) is 0. The maximum Gasteiger partial charge on any atom is 0.251 e. The zero-order chi connectivity index (χ0) is 14.8. The number of nitrogens with one attached hydrogen (secondary N) is 1. The molecular weight excluding hydrogens is 264 g/mol. The van der Waals surface area contributed by atoms with Gasteiger partial charge in [-0.1, -0.05) is 31.9 Å². The number of carbonyl (C=O) groups excluding carboxylic acids is 2. The van der Waals surface area contributed by atoms with E-state index in [1.54, 1.807) is 0 Å². The van der Waals surface area contributed by atoms with E-state index < -0.39 is 0 Å². The molecule has 0 spiro atoms. The molecule has 0 bridgehead atoms. The summed E-state index contributed by atoms with van der Waals surface area (Å²) in [4.78, 5) is 26.0. The minimum atomic E-state index is -0.341. The first kappa shape index (κ1) is 14.3. The number of anilines is 1. The lowest BCUT2D eigenvalue weighted by Crippen LogP contribution is -2.42. The Kier molecular flexibility index (Phi) is 4.06. The van der Waals surface area contributed by atoms with Crippen LogP contribution in [0.5, 0.6) is 0 Å². The zero-order valence-electron chi connectivity index (χ0n) is 12.5. The average molecular weight is 286 g/mol. The molecule has 1 atom stereocenters. The molecule has 1 N–H and O–H groups in total. The number of carbonyl (C=O) groups is 2. The fourth-order valence-electron chi connectivity index (χ4n) is 3.29. The van der Waals surface area contributed by atoms with Crippen molar-refractivity contribution in [1.82, 2.24) is 5.32 Å². The Morgan fingerprint density at radius 3 is 2.43 bits per heavy atom. The third-order valence-electron chi connectivity index (χ3n) is 4.54. The van der Waals surface area contributed by atoms with Crippen molar-refractivity contribution in [1.29, 1.82) is 0 Å². The topological polar surface area (TPSA) is 49.4 Å². The quantitative estimate of drug-likeness (QED) is 0.865. The van der Waals surface area contributed by atoms with E-state index in [0.29, 0.717) is 11.7 Å². The fraction of sp³-hybridized carbons (Fsp3) is 0.529. The Morgan fingerprint density at radius 1 is 1.14 bits per heavy atom. The molecule has 1 saturated heterocycles. The second-order valence-electron chi connectivity index (χ2n) is 5.99. The predicted octanol–water partition coefficient (Wildman–Crippen LogP) is 2.41. The van der Waals surface area contributed by atoms with Gasteiger partial charge in [-0.05, 0) is 37.0 Å². The van der Waals surface area contributed by atoms with Crippen LogP contribution in [0.4, 0.5) is 5.69 Å². The van der Waals surface area contributed by atoms with Gasteiger partial charge in [0.05, 0.1) is 18.2 Å². The normalized spacial score (nSPS) is 23.3. The Morgan fingerprint density at radius 2 is 1.81 bits per heavy atom. The van der Waals surface area contributed by atoms with E-state index in [2.05, 4.69) is 12.2 Å². The Bertz CT molecular complexity index is 532. The summed E-state index contributed by atoms with van der Waals surface area (Å²) in [6.07, 6.45) is 5.90. The molecule has 112 valence electrons. The van der Waals surface area contributed by atoms with Crippen LogP contribution in [0.25, 0.3) is 0 Å². The largest absolute Gasteiger partial charge is 0.303 e. The number of benzene rings is 1. The van der Waals surface area contributed by atoms with Crippen molar-refractivity contribution in [3.63, 3.8) is 0 Å². The van der Waals surface area contributed by atoms with Crippen molar-refractivity contribution in [2.45, 2.75) is 57.5 Å². The molecule has 1 aromatic rings. The summed E-state index contributed by atoms with van der Waals surface area (Å²) in [5.41, 5.74) is 1.90. The van der Waals surface area contributed by atoms with Crippen molar-refractivity contribution in [3.05, 3.63) is 29.8 Å². The molecule has 2 amide bonds. The maximum atomic E-state index is 12.5. The third kappa shape index (κ3) is 2.86. The van der Waals surface area contributed by atoms with Gasteiger partial charge in [-0.2, -0.15) is 0 Å². The van der Waals surface area contributed by atoms with Gasteiger partial charge >= 0.3 is 0 Å². The zero-order valence-corrected chi connectivity index (χ0v) is 12.5. The summed E-state index contributed by atoms with van der Waals surface area (Å²) in [6.45, 7) is 2.09. The van der Waals surface area contributed by atoms with Crippen molar-refractivity contribution < 1.29 is 9.59 Å². The van der Waals surface area contributed by atoms with Gasteiger partial charge in [0, 0.05) is 6.04 Å². The number of rotatable bonds is 4. The maximum absolute atomic E-state index is 12.5. The van der Waals surface area contributed by atoms with Crippen molar-refractivity contribution >= 4 is 17.5 Å². The first-order valence-electron chi connectivity index (χ1n) is 7.91. The second-order valence-corrected chi connectivity index (χ2v) is 5.99. The monoisotopic (exact) mass is 286 g/mol. The molecule has 0 aromatic heterocycles. The molecule has 1 saturated carbocycles. The number of amides is 2.